The summed E-state index contributed by atoms with van der Waals surface area (Å²) in [7, 11) is 1.63. The van der Waals surface area contributed by atoms with Crippen molar-refractivity contribution >= 4 is 5.97 Å². The van der Waals surface area contributed by atoms with Crippen LogP contribution in [0.2, 0.25) is 0 Å². The van der Waals surface area contributed by atoms with Crippen LogP contribution in [0.25, 0.3) is 0 Å². The summed E-state index contributed by atoms with van der Waals surface area (Å²) in [6.07, 6.45) is 1.11. The van der Waals surface area contributed by atoms with Crippen LogP contribution in [0, 0.1) is 0 Å². The van der Waals surface area contributed by atoms with E-state index >= 15 is 0 Å². The number of benzene rings is 1. The van der Waals surface area contributed by atoms with Gasteiger partial charge in [0.1, 0.15) is 18.0 Å². The highest BCUT2D eigenvalue weighted by Gasteiger charge is 2.37. The van der Waals surface area contributed by atoms with Crippen LogP contribution in [0.3, 0.4) is 0 Å². The highest BCUT2D eigenvalue weighted by Crippen LogP contribution is 2.19. The maximum Gasteiger partial charge on any atom is 0.312 e. The lowest BCUT2D eigenvalue weighted by molar-refractivity contribution is -0.153. The van der Waals surface area contributed by atoms with E-state index < -0.39 is 12.2 Å². The summed E-state index contributed by atoms with van der Waals surface area (Å²) < 4.78 is 10.7. The highest BCUT2D eigenvalue weighted by atomic mass is 16.6. The molecule has 25 heavy (non-hydrogen) atoms. The Bertz CT molecular complexity index is 690. The summed E-state index contributed by atoms with van der Waals surface area (Å²) >= 11 is 0. The fourth-order valence-electron chi connectivity index (χ4n) is 2.98. The maximum atomic E-state index is 12.2. The number of rotatable bonds is 6. The first-order valence-electron chi connectivity index (χ1n) is 8.29. The average Bonchev–Trinajstić information content (AvgIpc) is 2.96. The number of hydrogen-bond acceptors (Lipinski definition) is 6. The number of methoxy groups -OCH3 is 1. The van der Waals surface area contributed by atoms with Crippen molar-refractivity contribution in [3.8, 4) is 5.75 Å². The smallest absolute Gasteiger partial charge is 0.312 e. The normalized spacial score (nSPS) is 22.6. The number of nitrogens with one attached hydrogen (secondary N) is 1. The van der Waals surface area contributed by atoms with E-state index in [4.69, 9.17) is 9.47 Å². The van der Waals surface area contributed by atoms with Crippen LogP contribution < -0.4 is 10.1 Å². The lowest BCUT2D eigenvalue weighted by Gasteiger charge is -2.22. The summed E-state index contributed by atoms with van der Waals surface area (Å²) in [5.74, 6) is 0.410. The Kier molecular flexibility index (Phi) is 5.63. The van der Waals surface area contributed by atoms with Gasteiger partial charge in [0.2, 0.25) is 0 Å². The zero-order valence-corrected chi connectivity index (χ0v) is 14.1. The van der Waals surface area contributed by atoms with Crippen LogP contribution in [0.4, 0.5) is 0 Å². The third-order valence-electron chi connectivity index (χ3n) is 4.30. The number of esters is 1. The molecule has 1 aromatic carbocycles. The fourth-order valence-corrected chi connectivity index (χ4v) is 2.98. The summed E-state index contributed by atoms with van der Waals surface area (Å²) in [6, 6.07) is 13.0. The van der Waals surface area contributed by atoms with E-state index in [-0.39, 0.29) is 18.4 Å². The first-order valence-corrected chi connectivity index (χ1v) is 8.29. The summed E-state index contributed by atoms with van der Waals surface area (Å²) in [4.78, 5) is 16.3. The second kappa shape index (κ2) is 8.09. The molecular formula is C19H22N2O4. The zero-order valence-electron chi connectivity index (χ0n) is 14.1. The third kappa shape index (κ3) is 4.55. The number of hydrogen-bond donors (Lipinski definition) is 2. The minimum Gasteiger partial charge on any atom is -0.497 e. The molecule has 0 aliphatic carbocycles. The SMILES string of the molecule is COc1ccc(C[C@H]2NC[C@H](O)[C@H]2OC(=O)Cc2ccccn2)cc1. The van der Waals surface area contributed by atoms with Gasteiger partial charge in [0.15, 0.2) is 0 Å². The molecular weight excluding hydrogens is 320 g/mol. The first-order chi connectivity index (χ1) is 12.2. The molecule has 1 aliphatic rings. The molecule has 2 heterocycles. The minimum absolute atomic E-state index is 0.0965. The van der Waals surface area contributed by atoms with Crippen molar-refractivity contribution in [3.63, 3.8) is 0 Å². The van der Waals surface area contributed by atoms with Crippen LogP contribution in [0.5, 0.6) is 5.75 Å². The van der Waals surface area contributed by atoms with E-state index in [1.807, 2.05) is 30.3 Å². The van der Waals surface area contributed by atoms with Crippen LogP contribution >= 0.6 is 0 Å². The number of β-amino-alcohol motifs (C(OH)–C–C–N with tert-alkyl or cyclic N) is 1. The third-order valence-corrected chi connectivity index (χ3v) is 4.30. The van der Waals surface area contributed by atoms with Crippen molar-refractivity contribution in [3.05, 3.63) is 59.9 Å². The van der Waals surface area contributed by atoms with E-state index in [1.54, 1.807) is 25.4 Å². The number of pyridine rings is 1. The van der Waals surface area contributed by atoms with E-state index in [2.05, 4.69) is 10.3 Å². The van der Waals surface area contributed by atoms with Gasteiger partial charge in [0.05, 0.1) is 25.3 Å². The van der Waals surface area contributed by atoms with Gasteiger partial charge in [0, 0.05) is 12.7 Å². The van der Waals surface area contributed by atoms with Crippen LogP contribution in [-0.2, 0) is 22.4 Å². The number of carbonyl (C=O) groups is 1. The van der Waals surface area contributed by atoms with Gasteiger partial charge in [-0.1, -0.05) is 18.2 Å². The molecule has 1 saturated heterocycles. The standard InChI is InChI=1S/C19H22N2O4/c1-24-15-7-5-13(6-8-15)10-16-19(17(22)12-21-16)25-18(23)11-14-4-2-3-9-20-14/h2-9,16-17,19,21-22H,10-12H2,1H3/t16-,17+,19+/m1/s1. The number of ether oxygens (including phenoxy) is 2. The Labute approximate surface area is 146 Å². The lowest BCUT2D eigenvalue weighted by Crippen LogP contribution is -2.39. The monoisotopic (exact) mass is 342 g/mol. The Morgan fingerprint density at radius 2 is 2.08 bits per heavy atom. The van der Waals surface area contributed by atoms with Gasteiger partial charge in [-0.2, -0.15) is 0 Å². The molecule has 1 aromatic heterocycles. The molecule has 0 amide bonds. The van der Waals surface area contributed by atoms with Crippen molar-refractivity contribution in [2.24, 2.45) is 0 Å². The molecule has 2 aromatic rings. The van der Waals surface area contributed by atoms with Gasteiger partial charge >= 0.3 is 5.97 Å². The van der Waals surface area contributed by atoms with Crippen molar-refractivity contribution in [1.29, 1.82) is 0 Å². The average molecular weight is 342 g/mol. The fraction of sp³-hybridized carbons (Fsp3) is 0.368. The molecule has 0 radical (unpaired) electrons. The van der Waals surface area contributed by atoms with Gasteiger partial charge in [-0.15, -0.1) is 0 Å². The molecule has 132 valence electrons. The second-order valence-corrected chi connectivity index (χ2v) is 6.09. The van der Waals surface area contributed by atoms with Crippen LogP contribution in [0.15, 0.2) is 48.7 Å². The predicted molar refractivity (Wildman–Crippen MR) is 92.3 cm³/mol. The Morgan fingerprint density at radius 1 is 1.28 bits per heavy atom. The highest BCUT2D eigenvalue weighted by molar-refractivity contribution is 5.72. The van der Waals surface area contributed by atoms with Gasteiger partial charge in [-0.05, 0) is 36.2 Å². The van der Waals surface area contributed by atoms with E-state index in [0.29, 0.717) is 18.7 Å². The van der Waals surface area contributed by atoms with E-state index in [0.717, 1.165) is 11.3 Å². The molecule has 0 spiro atoms. The quantitative estimate of drug-likeness (QED) is 0.766. The summed E-state index contributed by atoms with van der Waals surface area (Å²) in [5.41, 5.74) is 1.73. The summed E-state index contributed by atoms with van der Waals surface area (Å²) in [5, 5.41) is 13.4. The number of nitrogens with zero attached hydrogens (tertiary/aromatic N) is 1. The van der Waals surface area contributed by atoms with Gasteiger partial charge < -0.3 is 19.9 Å². The van der Waals surface area contributed by atoms with Crippen molar-refractivity contribution in [2.45, 2.75) is 31.1 Å². The number of aliphatic hydroxyl groups excluding tert-OH is 1. The number of aromatic nitrogens is 1. The molecule has 1 aliphatic heterocycles. The molecule has 6 nitrogen and oxygen atoms in total. The second-order valence-electron chi connectivity index (χ2n) is 6.09. The molecule has 3 atom stereocenters. The van der Waals surface area contributed by atoms with Gasteiger partial charge in [-0.25, -0.2) is 0 Å². The molecule has 6 heteroatoms. The van der Waals surface area contributed by atoms with E-state index in [9.17, 15) is 9.90 Å². The van der Waals surface area contributed by atoms with Crippen molar-refractivity contribution in [1.82, 2.24) is 10.3 Å². The van der Waals surface area contributed by atoms with Gasteiger partial charge in [-0.3, -0.25) is 9.78 Å². The van der Waals surface area contributed by atoms with Crippen molar-refractivity contribution < 1.29 is 19.4 Å². The lowest BCUT2D eigenvalue weighted by atomic mass is 10.0. The largest absolute Gasteiger partial charge is 0.497 e. The molecule has 0 unspecified atom stereocenters. The van der Waals surface area contributed by atoms with Crippen LogP contribution in [-0.4, -0.2) is 48.0 Å². The Hall–Kier alpha value is -2.44. The minimum atomic E-state index is -0.712. The number of carbonyl (C=O) groups excluding carboxylic acids is 1. The van der Waals surface area contributed by atoms with Crippen molar-refractivity contribution in [2.75, 3.05) is 13.7 Å². The first kappa shape index (κ1) is 17.4. The maximum absolute atomic E-state index is 12.2. The Morgan fingerprint density at radius 3 is 2.76 bits per heavy atom. The molecule has 2 N–H and O–H groups in total. The molecule has 1 fully saturated rings. The molecule has 3 rings (SSSR count). The molecule has 0 saturated carbocycles. The predicted octanol–water partition coefficient (Wildman–Crippen LogP) is 1.12. The summed E-state index contributed by atoms with van der Waals surface area (Å²) in [6.45, 7) is 0.405. The zero-order chi connectivity index (χ0) is 17.6. The molecule has 0 bridgehead atoms. The van der Waals surface area contributed by atoms with E-state index in [1.165, 1.54) is 0 Å². The van der Waals surface area contributed by atoms with Gasteiger partial charge in [0.25, 0.3) is 0 Å². The topological polar surface area (TPSA) is 80.7 Å². The number of aliphatic hydroxyl groups is 1. The Balaban J connectivity index is 1.60. The van der Waals surface area contributed by atoms with Crippen LogP contribution in [0.1, 0.15) is 11.3 Å².